The van der Waals surface area contributed by atoms with Crippen LogP contribution >= 0.6 is 0 Å². The van der Waals surface area contributed by atoms with Gasteiger partial charge in [0.05, 0.1) is 17.9 Å². The molecule has 0 saturated heterocycles. The molecule has 7 nitrogen and oxygen atoms in total. The molecule has 7 heteroatoms. The fourth-order valence-electron chi connectivity index (χ4n) is 4.17. The first-order valence-electron chi connectivity index (χ1n) is 10.7. The normalized spacial score (nSPS) is 21.9. The van der Waals surface area contributed by atoms with Gasteiger partial charge in [-0.1, -0.05) is 20.3 Å². The summed E-state index contributed by atoms with van der Waals surface area (Å²) in [5.74, 6) is -1.77. The van der Waals surface area contributed by atoms with Crippen LogP contribution in [0.4, 0.5) is 0 Å². The van der Waals surface area contributed by atoms with Crippen LogP contribution in [0.3, 0.4) is 0 Å². The van der Waals surface area contributed by atoms with Crippen LogP contribution in [-0.2, 0) is 9.59 Å². The molecule has 0 fully saturated rings. The number of carboxylic acids is 1. The number of ether oxygens (including phenoxy) is 3. The fourth-order valence-corrected chi connectivity index (χ4v) is 4.17. The van der Waals surface area contributed by atoms with E-state index in [0.717, 1.165) is 6.42 Å². The van der Waals surface area contributed by atoms with Crippen molar-refractivity contribution >= 4 is 23.8 Å². The molecule has 0 bridgehead atoms. The molecular formula is C24H30O7. The van der Waals surface area contributed by atoms with Crippen molar-refractivity contribution in [3.63, 3.8) is 0 Å². The van der Waals surface area contributed by atoms with Crippen LogP contribution in [0.15, 0.2) is 6.08 Å². The van der Waals surface area contributed by atoms with E-state index in [1.54, 1.807) is 19.9 Å². The standard InChI is InChI=1S/C24H30O7/c1-7-8-15(11-17(26)27)18-22-16(9-10-24(5,6)31-22)21(30-14(4)25)19-20(28)12(2)13(3)29-23(18)19/h9-10,12-13,15H,7-8,11H2,1-6H3,(H,26,27)/t12-,13+,15+/m0/s1. The van der Waals surface area contributed by atoms with Gasteiger partial charge in [-0.3, -0.25) is 14.4 Å². The Morgan fingerprint density at radius 3 is 2.52 bits per heavy atom. The Kier molecular flexibility index (Phi) is 6.16. The summed E-state index contributed by atoms with van der Waals surface area (Å²) >= 11 is 0. The summed E-state index contributed by atoms with van der Waals surface area (Å²) in [6.07, 6.45) is 4.38. The van der Waals surface area contributed by atoms with Gasteiger partial charge in [-0.2, -0.15) is 0 Å². The van der Waals surface area contributed by atoms with Crippen molar-refractivity contribution in [3.8, 4) is 17.2 Å². The average molecular weight is 430 g/mol. The zero-order chi connectivity index (χ0) is 23.1. The number of ketones is 1. The highest BCUT2D eigenvalue weighted by molar-refractivity contribution is 6.07. The summed E-state index contributed by atoms with van der Waals surface area (Å²) in [5, 5.41) is 9.57. The molecule has 0 saturated carbocycles. The number of carboxylic acid groups (broad SMARTS) is 1. The lowest BCUT2D eigenvalue weighted by Crippen LogP contribution is -2.36. The Hall–Kier alpha value is -2.83. The SMILES string of the molecule is CCC[C@H](CC(=O)O)c1c2c(c(OC(C)=O)c3c1O[C@H](C)[C@H](C)C3=O)C=CC(C)(C)O2. The first-order valence-corrected chi connectivity index (χ1v) is 10.7. The van der Waals surface area contributed by atoms with E-state index in [9.17, 15) is 19.5 Å². The second-order valence-electron chi connectivity index (χ2n) is 8.88. The second-order valence-corrected chi connectivity index (χ2v) is 8.88. The largest absolute Gasteiger partial charge is 0.489 e. The van der Waals surface area contributed by atoms with Gasteiger partial charge in [0.25, 0.3) is 0 Å². The molecule has 0 radical (unpaired) electrons. The molecule has 168 valence electrons. The molecule has 2 heterocycles. The third kappa shape index (κ3) is 4.31. The Morgan fingerprint density at radius 1 is 1.26 bits per heavy atom. The second kappa shape index (κ2) is 8.36. The van der Waals surface area contributed by atoms with Crippen molar-refractivity contribution in [1.29, 1.82) is 0 Å². The number of carbonyl (C=O) groups is 3. The fraction of sp³-hybridized carbons (Fsp3) is 0.542. The third-order valence-electron chi connectivity index (χ3n) is 5.83. The number of Topliss-reactive ketones (excluding diaryl/α,β-unsaturated/α-hetero) is 1. The van der Waals surface area contributed by atoms with Gasteiger partial charge in [0, 0.05) is 18.4 Å². The number of hydrogen-bond donors (Lipinski definition) is 1. The number of hydrogen-bond acceptors (Lipinski definition) is 6. The van der Waals surface area contributed by atoms with Gasteiger partial charge in [0.2, 0.25) is 0 Å². The molecule has 1 N–H and O–H groups in total. The molecule has 0 aliphatic carbocycles. The quantitative estimate of drug-likeness (QED) is 0.513. The average Bonchev–Trinajstić information content (AvgIpc) is 2.64. The van der Waals surface area contributed by atoms with Gasteiger partial charge < -0.3 is 19.3 Å². The predicted molar refractivity (Wildman–Crippen MR) is 115 cm³/mol. The molecule has 31 heavy (non-hydrogen) atoms. The lowest BCUT2D eigenvalue weighted by molar-refractivity contribution is -0.137. The molecule has 1 aromatic rings. The van der Waals surface area contributed by atoms with E-state index in [4.69, 9.17) is 14.2 Å². The first kappa shape index (κ1) is 22.8. The molecule has 0 amide bonds. The molecule has 1 aromatic carbocycles. The highest BCUT2D eigenvalue weighted by Gasteiger charge is 2.42. The van der Waals surface area contributed by atoms with Crippen LogP contribution in [0, 0.1) is 5.92 Å². The lowest BCUT2D eigenvalue weighted by atomic mass is 9.81. The van der Waals surface area contributed by atoms with Gasteiger partial charge in [0.15, 0.2) is 11.5 Å². The summed E-state index contributed by atoms with van der Waals surface area (Å²) in [6, 6.07) is 0. The smallest absolute Gasteiger partial charge is 0.308 e. The van der Waals surface area contributed by atoms with Crippen molar-refractivity contribution in [1.82, 2.24) is 0 Å². The van der Waals surface area contributed by atoms with Gasteiger partial charge >= 0.3 is 11.9 Å². The molecule has 2 aliphatic rings. The third-order valence-corrected chi connectivity index (χ3v) is 5.83. The molecule has 3 atom stereocenters. The van der Waals surface area contributed by atoms with Gasteiger partial charge in [-0.15, -0.1) is 0 Å². The maximum atomic E-state index is 13.3. The Labute approximate surface area is 182 Å². The maximum Gasteiger partial charge on any atom is 0.308 e. The molecular weight excluding hydrogens is 400 g/mol. The van der Waals surface area contributed by atoms with Crippen LogP contribution in [0.2, 0.25) is 0 Å². The topological polar surface area (TPSA) is 99.1 Å². The zero-order valence-corrected chi connectivity index (χ0v) is 18.9. The van der Waals surface area contributed by atoms with Crippen LogP contribution in [0.5, 0.6) is 17.2 Å². The number of fused-ring (bicyclic) bond motifs is 2. The van der Waals surface area contributed by atoms with Gasteiger partial charge in [0.1, 0.15) is 28.8 Å². The highest BCUT2D eigenvalue weighted by atomic mass is 16.5. The maximum absolute atomic E-state index is 13.3. The minimum atomic E-state index is -0.945. The van der Waals surface area contributed by atoms with Crippen LogP contribution in [0.25, 0.3) is 6.08 Å². The van der Waals surface area contributed by atoms with Gasteiger partial charge in [-0.05, 0) is 39.3 Å². The Bertz CT molecular complexity index is 957. The highest BCUT2D eigenvalue weighted by Crippen LogP contribution is 2.54. The van der Waals surface area contributed by atoms with Crippen LogP contribution in [0.1, 0.15) is 88.2 Å². The number of rotatable bonds is 6. The summed E-state index contributed by atoms with van der Waals surface area (Å²) in [7, 11) is 0. The number of carbonyl (C=O) groups excluding carboxylic acids is 2. The minimum absolute atomic E-state index is 0.113. The van der Waals surface area contributed by atoms with E-state index in [1.165, 1.54) is 6.92 Å². The first-order chi connectivity index (χ1) is 14.5. The minimum Gasteiger partial charge on any atom is -0.489 e. The van der Waals surface area contributed by atoms with E-state index in [-0.39, 0.29) is 29.3 Å². The van der Waals surface area contributed by atoms with E-state index in [1.807, 2.05) is 26.8 Å². The molecule has 3 rings (SSSR count). The van der Waals surface area contributed by atoms with Crippen LogP contribution < -0.4 is 14.2 Å². The lowest BCUT2D eigenvalue weighted by Gasteiger charge is -2.37. The predicted octanol–water partition coefficient (Wildman–Crippen LogP) is 4.75. The van der Waals surface area contributed by atoms with Crippen LogP contribution in [-0.4, -0.2) is 34.5 Å². The molecule has 2 aliphatic heterocycles. The summed E-state index contributed by atoms with van der Waals surface area (Å²) in [5.41, 5.74) is 0.554. The van der Waals surface area contributed by atoms with E-state index in [2.05, 4.69) is 0 Å². The number of benzene rings is 1. The molecule has 0 unspecified atom stereocenters. The number of esters is 1. The van der Waals surface area contributed by atoms with E-state index in [0.29, 0.717) is 23.3 Å². The summed E-state index contributed by atoms with van der Waals surface area (Å²) in [4.78, 5) is 36.9. The zero-order valence-electron chi connectivity index (χ0n) is 18.9. The summed E-state index contributed by atoms with van der Waals surface area (Å²) < 4.78 is 18.0. The van der Waals surface area contributed by atoms with Crippen molar-refractivity contribution in [2.45, 2.75) is 78.4 Å². The van der Waals surface area contributed by atoms with Gasteiger partial charge in [-0.25, -0.2) is 0 Å². The monoisotopic (exact) mass is 430 g/mol. The molecule has 0 spiro atoms. The Morgan fingerprint density at radius 2 is 1.94 bits per heavy atom. The van der Waals surface area contributed by atoms with E-state index < -0.39 is 35.5 Å². The van der Waals surface area contributed by atoms with Crippen molar-refractivity contribution in [2.75, 3.05) is 0 Å². The van der Waals surface area contributed by atoms with Crippen molar-refractivity contribution < 1.29 is 33.7 Å². The number of aliphatic carboxylic acids is 1. The van der Waals surface area contributed by atoms with Crippen molar-refractivity contribution in [2.24, 2.45) is 5.92 Å². The summed E-state index contributed by atoms with van der Waals surface area (Å²) in [6.45, 7) is 10.6. The Balaban J connectivity index is 2.41. The molecule has 0 aromatic heterocycles. The van der Waals surface area contributed by atoms with Crippen molar-refractivity contribution in [3.05, 3.63) is 22.8 Å². The van der Waals surface area contributed by atoms with E-state index >= 15 is 0 Å².